The first-order valence-corrected chi connectivity index (χ1v) is 7.52. The summed E-state index contributed by atoms with van der Waals surface area (Å²) in [5.74, 6) is 0.391. The Labute approximate surface area is 136 Å². The molecular formula is C19H21NO3. The van der Waals surface area contributed by atoms with Crippen LogP contribution >= 0.6 is 0 Å². The van der Waals surface area contributed by atoms with Crippen LogP contribution in [-0.4, -0.2) is 17.8 Å². The highest BCUT2D eigenvalue weighted by Gasteiger charge is 2.16. The van der Waals surface area contributed by atoms with E-state index in [1.54, 1.807) is 31.2 Å². The highest BCUT2D eigenvalue weighted by atomic mass is 16.5. The molecule has 0 aliphatic rings. The smallest absolute Gasteiger partial charge is 0.265 e. The Hall–Kier alpha value is -2.62. The molecule has 4 nitrogen and oxygen atoms in total. The van der Waals surface area contributed by atoms with Gasteiger partial charge in [-0.25, -0.2) is 0 Å². The molecule has 1 N–H and O–H groups in total. The third-order valence-electron chi connectivity index (χ3n) is 3.54. The minimum absolute atomic E-state index is 0.0410. The van der Waals surface area contributed by atoms with Crippen molar-refractivity contribution in [2.45, 2.75) is 33.8 Å². The fourth-order valence-corrected chi connectivity index (χ4v) is 2.24. The van der Waals surface area contributed by atoms with Crippen molar-refractivity contribution in [3.05, 3.63) is 59.2 Å². The highest BCUT2D eigenvalue weighted by molar-refractivity contribution is 5.98. The lowest BCUT2D eigenvalue weighted by Crippen LogP contribution is -2.30. The second kappa shape index (κ2) is 7.09. The summed E-state index contributed by atoms with van der Waals surface area (Å²) in [5.41, 5.74) is 3.28. The minimum Gasteiger partial charge on any atom is -0.481 e. The van der Waals surface area contributed by atoms with Gasteiger partial charge in [0.25, 0.3) is 5.91 Å². The van der Waals surface area contributed by atoms with E-state index in [9.17, 15) is 9.59 Å². The molecule has 2 aromatic rings. The Kier molecular flexibility index (Phi) is 5.16. The van der Waals surface area contributed by atoms with Crippen LogP contribution in [-0.2, 0) is 4.79 Å². The van der Waals surface area contributed by atoms with Crippen LogP contribution in [0.4, 0.5) is 5.69 Å². The van der Waals surface area contributed by atoms with Gasteiger partial charge in [0.2, 0.25) is 0 Å². The van der Waals surface area contributed by atoms with Crippen molar-refractivity contribution in [3.63, 3.8) is 0 Å². The first kappa shape index (κ1) is 16.7. The average molecular weight is 311 g/mol. The monoisotopic (exact) mass is 311 g/mol. The number of hydrogen-bond acceptors (Lipinski definition) is 3. The summed E-state index contributed by atoms with van der Waals surface area (Å²) in [6, 6.07) is 12.7. The van der Waals surface area contributed by atoms with Gasteiger partial charge in [-0.3, -0.25) is 9.59 Å². The molecule has 0 aliphatic carbocycles. The number of carbonyl (C=O) groups excluding carboxylic acids is 2. The van der Waals surface area contributed by atoms with Crippen molar-refractivity contribution < 1.29 is 14.3 Å². The van der Waals surface area contributed by atoms with Gasteiger partial charge in [-0.05, 0) is 51.5 Å². The largest absolute Gasteiger partial charge is 0.481 e. The van der Waals surface area contributed by atoms with Gasteiger partial charge in [-0.2, -0.15) is 0 Å². The van der Waals surface area contributed by atoms with Crippen molar-refractivity contribution in [1.82, 2.24) is 0 Å². The Balaban J connectivity index is 2.05. The molecule has 120 valence electrons. The Morgan fingerprint density at radius 3 is 2.48 bits per heavy atom. The van der Waals surface area contributed by atoms with E-state index in [0.29, 0.717) is 17.0 Å². The van der Waals surface area contributed by atoms with E-state index in [1.807, 2.05) is 32.0 Å². The molecule has 0 heterocycles. The van der Waals surface area contributed by atoms with Crippen molar-refractivity contribution >= 4 is 17.4 Å². The van der Waals surface area contributed by atoms with Crippen LogP contribution in [0.3, 0.4) is 0 Å². The molecule has 1 atom stereocenters. The quantitative estimate of drug-likeness (QED) is 0.852. The number of nitrogens with one attached hydrogen (secondary N) is 1. The molecule has 0 saturated heterocycles. The predicted octanol–water partition coefficient (Wildman–Crippen LogP) is 3.91. The lowest BCUT2D eigenvalue weighted by Gasteiger charge is -2.16. The van der Waals surface area contributed by atoms with E-state index < -0.39 is 6.10 Å². The zero-order valence-electron chi connectivity index (χ0n) is 13.8. The van der Waals surface area contributed by atoms with Crippen molar-refractivity contribution in [3.8, 4) is 5.75 Å². The van der Waals surface area contributed by atoms with Gasteiger partial charge >= 0.3 is 0 Å². The van der Waals surface area contributed by atoms with Gasteiger partial charge in [-0.1, -0.05) is 29.8 Å². The number of carbonyl (C=O) groups is 2. The molecule has 0 unspecified atom stereocenters. The van der Waals surface area contributed by atoms with Crippen LogP contribution in [0.2, 0.25) is 0 Å². The molecule has 2 rings (SSSR count). The number of Topliss-reactive ketones (excluding diaryl/α,β-unsaturated/α-hetero) is 1. The van der Waals surface area contributed by atoms with E-state index in [0.717, 1.165) is 11.1 Å². The summed E-state index contributed by atoms with van der Waals surface area (Å²) in [6.45, 7) is 7.15. The molecule has 0 fully saturated rings. The fraction of sp³-hybridized carbons (Fsp3) is 0.263. The number of rotatable bonds is 5. The molecule has 1 amide bonds. The van der Waals surface area contributed by atoms with E-state index >= 15 is 0 Å². The van der Waals surface area contributed by atoms with Gasteiger partial charge in [0, 0.05) is 11.3 Å². The zero-order chi connectivity index (χ0) is 17.0. The Morgan fingerprint density at radius 2 is 1.83 bits per heavy atom. The number of ether oxygens (including phenoxy) is 1. The maximum atomic E-state index is 12.3. The van der Waals surface area contributed by atoms with Crippen molar-refractivity contribution in [1.29, 1.82) is 0 Å². The molecule has 0 bridgehead atoms. The molecule has 2 aromatic carbocycles. The molecule has 0 aliphatic heterocycles. The SMILES string of the molecule is CC(=O)c1cccc(NC(=O)[C@@H](C)Oc2ccc(C)cc2C)c1. The van der Waals surface area contributed by atoms with Crippen LogP contribution < -0.4 is 10.1 Å². The third kappa shape index (κ3) is 4.42. The van der Waals surface area contributed by atoms with Crippen LogP contribution in [0.5, 0.6) is 5.75 Å². The van der Waals surface area contributed by atoms with E-state index in [4.69, 9.17) is 4.74 Å². The minimum atomic E-state index is -0.641. The number of ketones is 1. The van der Waals surface area contributed by atoms with Crippen LogP contribution in [0, 0.1) is 13.8 Å². The predicted molar refractivity (Wildman–Crippen MR) is 91.1 cm³/mol. The maximum absolute atomic E-state index is 12.3. The lowest BCUT2D eigenvalue weighted by molar-refractivity contribution is -0.122. The molecule has 4 heteroatoms. The van der Waals surface area contributed by atoms with Crippen LogP contribution in [0.1, 0.15) is 35.3 Å². The maximum Gasteiger partial charge on any atom is 0.265 e. The summed E-state index contributed by atoms with van der Waals surface area (Å²) in [5, 5.41) is 2.77. The van der Waals surface area contributed by atoms with E-state index in [2.05, 4.69) is 5.32 Å². The Morgan fingerprint density at radius 1 is 1.09 bits per heavy atom. The summed E-state index contributed by atoms with van der Waals surface area (Å²) < 4.78 is 5.73. The van der Waals surface area contributed by atoms with Gasteiger partial charge in [0.15, 0.2) is 11.9 Å². The number of amides is 1. The van der Waals surface area contributed by atoms with Crippen LogP contribution in [0.15, 0.2) is 42.5 Å². The first-order valence-electron chi connectivity index (χ1n) is 7.52. The number of anilines is 1. The normalized spacial score (nSPS) is 11.7. The van der Waals surface area contributed by atoms with Crippen molar-refractivity contribution in [2.75, 3.05) is 5.32 Å². The molecular weight excluding hydrogens is 290 g/mol. The molecule has 0 saturated carbocycles. The van der Waals surface area contributed by atoms with Gasteiger partial charge < -0.3 is 10.1 Å². The van der Waals surface area contributed by atoms with E-state index in [-0.39, 0.29) is 11.7 Å². The Bertz CT molecular complexity index is 737. The zero-order valence-corrected chi connectivity index (χ0v) is 13.8. The van der Waals surface area contributed by atoms with E-state index in [1.165, 1.54) is 6.92 Å². The number of hydrogen-bond donors (Lipinski definition) is 1. The highest BCUT2D eigenvalue weighted by Crippen LogP contribution is 2.20. The first-order chi connectivity index (χ1) is 10.9. The summed E-state index contributed by atoms with van der Waals surface area (Å²) in [4.78, 5) is 23.6. The molecule has 23 heavy (non-hydrogen) atoms. The topological polar surface area (TPSA) is 55.4 Å². The third-order valence-corrected chi connectivity index (χ3v) is 3.54. The number of benzene rings is 2. The molecule has 0 spiro atoms. The van der Waals surface area contributed by atoms with Crippen LogP contribution in [0.25, 0.3) is 0 Å². The fourth-order valence-electron chi connectivity index (χ4n) is 2.24. The van der Waals surface area contributed by atoms with Gasteiger partial charge in [0.05, 0.1) is 0 Å². The lowest BCUT2D eigenvalue weighted by atomic mass is 10.1. The summed E-state index contributed by atoms with van der Waals surface area (Å²) >= 11 is 0. The average Bonchev–Trinajstić information content (AvgIpc) is 2.50. The second-order valence-electron chi connectivity index (χ2n) is 5.66. The summed E-state index contributed by atoms with van der Waals surface area (Å²) in [6.07, 6.45) is -0.641. The standard InChI is InChI=1S/C19H21NO3/c1-12-8-9-18(13(2)10-12)23-15(4)19(22)20-17-7-5-6-16(11-17)14(3)21/h5-11,15H,1-4H3,(H,20,22)/t15-/m1/s1. The van der Waals surface area contributed by atoms with Gasteiger partial charge in [-0.15, -0.1) is 0 Å². The second-order valence-corrected chi connectivity index (χ2v) is 5.66. The molecule has 0 radical (unpaired) electrons. The molecule has 0 aromatic heterocycles. The number of aryl methyl sites for hydroxylation is 2. The van der Waals surface area contributed by atoms with Gasteiger partial charge in [0.1, 0.15) is 5.75 Å². The summed E-state index contributed by atoms with van der Waals surface area (Å²) in [7, 11) is 0. The van der Waals surface area contributed by atoms with Crippen molar-refractivity contribution in [2.24, 2.45) is 0 Å².